The molecule has 6 heteroatoms. The summed E-state index contributed by atoms with van der Waals surface area (Å²) in [6.07, 6.45) is 0.692. The maximum atomic E-state index is 12.5. The first-order valence-corrected chi connectivity index (χ1v) is 8.53. The SMILES string of the molecule is C[C@@H](Cc1ccc2c(c1)OCC(=O)N2)CN1C(=O)c2ccccc2C1=O. The molecule has 2 aromatic rings. The maximum Gasteiger partial charge on any atom is 0.262 e. The van der Waals surface area contributed by atoms with Crippen LogP contribution in [-0.2, 0) is 11.2 Å². The van der Waals surface area contributed by atoms with Gasteiger partial charge >= 0.3 is 0 Å². The Hall–Kier alpha value is -3.15. The quantitative estimate of drug-likeness (QED) is 0.860. The first-order chi connectivity index (χ1) is 12.5. The van der Waals surface area contributed by atoms with E-state index in [9.17, 15) is 14.4 Å². The van der Waals surface area contributed by atoms with Gasteiger partial charge in [0.15, 0.2) is 6.61 Å². The molecule has 132 valence electrons. The molecule has 2 heterocycles. The molecule has 0 spiro atoms. The molecule has 0 aromatic heterocycles. The molecule has 2 aliphatic heterocycles. The maximum absolute atomic E-state index is 12.5. The number of imide groups is 1. The van der Waals surface area contributed by atoms with E-state index < -0.39 is 0 Å². The van der Waals surface area contributed by atoms with E-state index in [0.29, 0.717) is 35.5 Å². The third-order valence-corrected chi connectivity index (χ3v) is 4.64. The molecule has 1 atom stereocenters. The van der Waals surface area contributed by atoms with Crippen molar-refractivity contribution in [2.45, 2.75) is 13.3 Å². The van der Waals surface area contributed by atoms with Crippen molar-refractivity contribution in [2.24, 2.45) is 5.92 Å². The lowest BCUT2D eigenvalue weighted by Gasteiger charge is -2.21. The van der Waals surface area contributed by atoms with Gasteiger partial charge in [0, 0.05) is 6.54 Å². The van der Waals surface area contributed by atoms with Crippen LogP contribution in [0.4, 0.5) is 5.69 Å². The molecular formula is C20H18N2O4. The number of anilines is 1. The Morgan fingerprint density at radius 1 is 1.08 bits per heavy atom. The number of nitrogens with zero attached hydrogens (tertiary/aromatic N) is 1. The van der Waals surface area contributed by atoms with Crippen LogP contribution in [0.2, 0.25) is 0 Å². The molecule has 0 saturated heterocycles. The number of fused-ring (bicyclic) bond motifs is 2. The summed E-state index contributed by atoms with van der Waals surface area (Å²) in [6.45, 7) is 2.38. The minimum Gasteiger partial charge on any atom is -0.482 e. The predicted molar refractivity (Wildman–Crippen MR) is 95.2 cm³/mol. The summed E-state index contributed by atoms with van der Waals surface area (Å²) < 4.78 is 5.44. The zero-order chi connectivity index (χ0) is 18.3. The molecule has 2 aliphatic rings. The van der Waals surface area contributed by atoms with Crippen LogP contribution < -0.4 is 10.1 Å². The fourth-order valence-corrected chi connectivity index (χ4v) is 3.43. The molecule has 0 saturated carbocycles. The number of carbonyl (C=O) groups excluding carboxylic acids is 3. The molecule has 2 aromatic carbocycles. The minimum absolute atomic E-state index is 0.0149. The molecule has 0 bridgehead atoms. The molecule has 0 unspecified atom stereocenters. The van der Waals surface area contributed by atoms with E-state index in [1.807, 2.05) is 25.1 Å². The molecule has 0 aliphatic carbocycles. The summed E-state index contributed by atoms with van der Waals surface area (Å²) in [5, 5.41) is 2.76. The van der Waals surface area contributed by atoms with E-state index in [1.54, 1.807) is 24.3 Å². The Morgan fingerprint density at radius 2 is 1.77 bits per heavy atom. The van der Waals surface area contributed by atoms with Crippen LogP contribution >= 0.6 is 0 Å². The second-order valence-electron chi connectivity index (χ2n) is 6.74. The van der Waals surface area contributed by atoms with Gasteiger partial charge < -0.3 is 10.1 Å². The van der Waals surface area contributed by atoms with E-state index in [-0.39, 0.29) is 30.2 Å². The van der Waals surface area contributed by atoms with Crippen molar-refractivity contribution in [3.63, 3.8) is 0 Å². The number of hydrogen-bond acceptors (Lipinski definition) is 4. The molecule has 0 radical (unpaired) electrons. The Bertz CT molecular complexity index is 887. The number of nitrogens with one attached hydrogen (secondary N) is 1. The molecule has 0 fully saturated rings. The van der Waals surface area contributed by atoms with Crippen molar-refractivity contribution in [2.75, 3.05) is 18.5 Å². The lowest BCUT2D eigenvalue weighted by molar-refractivity contribution is -0.118. The van der Waals surface area contributed by atoms with Gasteiger partial charge in [-0.25, -0.2) is 0 Å². The van der Waals surface area contributed by atoms with Gasteiger partial charge in [-0.05, 0) is 42.2 Å². The summed E-state index contributed by atoms with van der Waals surface area (Å²) in [4.78, 5) is 37.6. The highest BCUT2D eigenvalue weighted by Gasteiger charge is 2.35. The summed E-state index contributed by atoms with van der Waals surface area (Å²) >= 11 is 0. The third-order valence-electron chi connectivity index (χ3n) is 4.64. The van der Waals surface area contributed by atoms with Crippen LogP contribution in [0.25, 0.3) is 0 Å². The molecule has 1 N–H and O–H groups in total. The predicted octanol–water partition coefficient (Wildman–Crippen LogP) is 2.49. The summed E-state index contributed by atoms with van der Waals surface area (Å²) in [6, 6.07) is 12.5. The zero-order valence-corrected chi connectivity index (χ0v) is 14.3. The topological polar surface area (TPSA) is 75.7 Å². The van der Waals surface area contributed by atoms with Crippen LogP contribution in [0, 0.1) is 5.92 Å². The summed E-state index contributed by atoms with van der Waals surface area (Å²) in [5.41, 5.74) is 2.65. The first kappa shape index (κ1) is 16.3. The highest BCUT2D eigenvalue weighted by Crippen LogP contribution is 2.30. The molecule has 4 rings (SSSR count). The van der Waals surface area contributed by atoms with Crippen molar-refractivity contribution in [3.05, 3.63) is 59.2 Å². The molecule has 6 nitrogen and oxygen atoms in total. The summed E-state index contributed by atoms with van der Waals surface area (Å²) in [7, 11) is 0. The average Bonchev–Trinajstić information content (AvgIpc) is 2.87. The van der Waals surface area contributed by atoms with Gasteiger partial charge in [-0.2, -0.15) is 0 Å². The Kier molecular flexibility index (Phi) is 3.95. The number of amides is 3. The highest BCUT2D eigenvalue weighted by molar-refractivity contribution is 6.21. The van der Waals surface area contributed by atoms with Gasteiger partial charge in [-0.3, -0.25) is 19.3 Å². The zero-order valence-electron chi connectivity index (χ0n) is 14.3. The molecular weight excluding hydrogens is 332 g/mol. The average molecular weight is 350 g/mol. The van der Waals surface area contributed by atoms with Gasteiger partial charge in [-0.15, -0.1) is 0 Å². The highest BCUT2D eigenvalue weighted by atomic mass is 16.5. The van der Waals surface area contributed by atoms with Gasteiger partial charge in [0.1, 0.15) is 5.75 Å². The lowest BCUT2D eigenvalue weighted by atomic mass is 9.99. The second kappa shape index (κ2) is 6.29. The van der Waals surface area contributed by atoms with E-state index in [4.69, 9.17) is 4.74 Å². The fourth-order valence-electron chi connectivity index (χ4n) is 3.43. The normalized spacial score (nSPS) is 16.7. The van der Waals surface area contributed by atoms with Crippen LogP contribution in [0.1, 0.15) is 33.2 Å². The van der Waals surface area contributed by atoms with Crippen LogP contribution in [0.5, 0.6) is 5.75 Å². The van der Waals surface area contributed by atoms with Gasteiger partial charge in [0.05, 0.1) is 16.8 Å². The Morgan fingerprint density at radius 3 is 2.46 bits per heavy atom. The van der Waals surface area contributed by atoms with Crippen molar-refractivity contribution in [3.8, 4) is 5.75 Å². The number of ether oxygens (including phenoxy) is 1. The van der Waals surface area contributed by atoms with Gasteiger partial charge in [0.2, 0.25) is 0 Å². The molecule has 26 heavy (non-hydrogen) atoms. The smallest absolute Gasteiger partial charge is 0.262 e. The molecule has 3 amide bonds. The largest absolute Gasteiger partial charge is 0.482 e. The van der Waals surface area contributed by atoms with Crippen LogP contribution in [-0.4, -0.2) is 35.8 Å². The first-order valence-electron chi connectivity index (χ1n) is 8.53. The fraction of sp³-hybridized carbons (Fsp3) is 0.250. The lowest BCUT2D eigenvalue weighted by Crippen LogP contribution is -2.34. The van der Waals surface area contributed by atoms with E-state index >= 15 is 0 Å². The number of rotatable bonds is 4. The number of benzene rings is 2. The van der Waals surface area contributed by atoms with Gasteiger partial charge in [0.25, 0.3) is 17.7 Å². The van der Waals surface area contributed by atoms with Crippen molar-refractivity contribution < 1.29 is 19.1 Å². The minimum atomic E-state index is -0.228. The van der Waals surface area contributed by atoms with Crippen molar-refractivity contribution in [1.82, 2.24) is 4.90 Å². The Balaban J connectivity index is 1.45. The standard InChI is InChI=1S/C20H18N2O4/c1-12(8-13-6-7-16-17(9-13)26-11-18(23)21-16)10-22-19(24)14-4-2-3-5-15(14)20(22)25/h2-7,9,12H,8,10-11H2,1H3,(H,21,23)/t12-/m0/s1. The monoisotopic (exact) mass is 350 g/mol. The number of hydrogen-bond donors (Lipinski definition) is 1. The van der Waals surface area contributed by atoms with Crippen molar-refractivity contribution >= 4 is 23.4 Å². The second-order valence-corrected chi connectivity index (χ2v) is 6.74. The number of carbonyl (C=O) groups is 3. The van der Waals surface area contributed by atoms with Crippen LogP contribution in [0.3, 0.4) is 0 Å². The summed E-state index contributed by atoms with van der Waals surface area (Å²) in [5.74, 6) is 0.121. The Labute approximate surface area is 150 Å². The van der Waals surface area contributed by atoms with Crippen LogP contribution in [0.15, 0.2) is 42.5 Å². The van der Waals surface area contributed by atoms with Gasteiger partial charge in [-0.1, -0.05) is 25.1 Å². The third kappa shape index (κ3) is 2.83. The van der Waals surface area contributed by atoms with E-state index in [0.717, 1.165) is 5.56 Å². The van der Waals surface area contributed by atoms with E-state index in [1.165, 1.54) is 4.90 Å². The van der Waals surface area contributed by atoms with Crippen molar-refractivity contribution in [1.29, 1.82) is 0 Å². The van der Waals surface area contributed by atoms with E-state index in [2.05, 4.69) is 5.32 Å².